The number of carbonyl (C=O) groups excluding carboxylic acids is 1. The molecule has 0 heterocycles. The van der Waals surface area contributed by atoms with E-state index in [-0.39, 0.29) is 52.8 Å². The summed E-state index contributed by atoms with van der Waals surface area (Å²) in [5.74, 6) is -0.689. The predicted octanol–water partition coefficient (Wildman–Crippen LogP) is -2.53. The van der Waals surface area contributed by atoms with Crippen molar-refractivity contribution in [1.29, 1.82) is 0 Å². The largest absolute Gasteiger partial charge is 1.00 e. The zero-order valence-corrected chi connectivity index (χ0v) is 12.1. The van der Waals surface area contributed by atoms with Gasteiger partial charge in [0, 0.05) is 0 Å². The summed E-state index contributed by atoms with van der Waals surface area (Å²) < 4.78 is 0. The SMILES string of the molecule is N[C@@H](Cc1ccccc1)C(=O)NC(=O)O.[H-].[K+]. The van der Waals surface area contributed by atoms with Gasteiger partial charge in [0.1, 0.15) is 0 Å². The van der Waals surface area contributed by atoms with Crippen LogP contribution in [0.15, 0.2) is 30.3 Å². The Morgan fingerprint density at radius 1 is 1.38 bits per heavy atom. The maximum absolute atomic E-state index is 11.1. The van der Waals surface area contributed by atoms with Gasteiger partial charge in [-0.3, -0.25) is 10.1 Å². The number of hydrogen-bond donors (Lipinski definition) is 3. The average Bonchev–Trinajstić information content (AvgIpc) is 2.18. The molecule has 5 nitrogen and oxygen atoms in total. The Morgan fingerprint density at radius 3 is 2.44 bits per heavy atom. The molecule has 0 radical (unpaired) electrons. The van der Waals surface area contributed by atoms with Crippen LogP contribution in [0.3, 0.4) is 0 Å². The van der Waals surface area contributed by atoms with E-state index >= 15 is 0 Å². The van der Waals surface area contributed by atoms with E-state index in [1.165, 1.54) is 0 Å². The van der Waals surface area contributed by atoms with E-state index in [1.807, 2.05) is 30.3 Å². The van der Waals surface area contributed by atoms with Crippen LogP contribution in [-0.2, 0) is 11.2 Å². The molecule has 82 valence electrons. The molecular weight excluding hydrogens is 235 g/mol. The summed E-state index contributed by atoms with van der Waals surface area (Å²) in [5.41, 5.74) is 6.42. The fourth-order valence-corrected chi connectivity index (χ4v) is 1.16. The van der Waals surface area contributed by atoms with Crippen LogP contribution < -0.4 is 62.4 Å². The minimum absolute atomic E-state index is 0. The van der Waals surface area contributed by atoms with Gasteiger partial charge in [0.05, 0.1) is 6.04 Å². The van der Waals surface area contributed by atoms with Crippen molar-refractivity contribution in [2.45, 2.75) is 12.5 Å². The van der Waals surface area contributed by atoms with E-state index in [0.29, 0.717) is 6.42 Å². The fourth-order valence-electron chi connectivity index (χ4n) is 1.16. The Bertz CT molecular complexity index is 362. The Hall–Kier alpha value is -0.244. The van der Waals surface area contributed by atoms with Crippen molar-refractivity contribution in [3.63, 3.8) is 0 Å². The van der Waals surface area contributed by atoms with Crippen molar-refractivity contribution in [3.8, 4) is 0 Å². The molecule has 0 aliphatic heterocycles. The Balaban J connectivity index is 0. The van der Waals surface area contributed by atoms with Crippen LogP contribution in [0.4, 0.5) is 4.79 Å². The van der Waals surface area contributed by atoms with E-state index in [9.17, 15) is 9.59 Å². The van der Waals surface area contributed by atoms with Gasteiger partial charge < -0.3 is 12.3 Å². The standard InChI is InChI=1S/C10H12N2O3.K.H/c11-8(9(13)12-10(14)15)6-7-4-2-1-3-5-7;;/h1-5,8H,6,11H2,(H,12,13)(H,14,15);;/q;+1;-1/t8-;;/m0../s1. The van der Waals surface area contributed by atoms with E-state index < -0.39 is 18.0 Å². The normalized spacial score (nSPS) is 11.1. The second-order valence-corrected chi connectivity index (χ2v) is 3.09. The Kier molecular flexibility index (Phi) is 7.82. The summed E-state index contributed by atoms with van der Waals surface area (Å²) in [6, 6.07) is 8.33. The van der Waals surface area contributed by atoms with Crippen molar-refractivity contribution < 1.29 is 67.5 Å². The van der Waals surface area contributed by atoms with Crippen molar-refractivity contribution in [3.05, 3.63) is 35.9 Å². The molecule has 0 spiro atoms. The molecule has 1 aromatic carbocycles. The van der Waals surface area contributed by atoms with Crippen LogP contribution in [0.2, 0.25) is 0 Å². The van der Waals surface area contributed by atoms with Gasteiger partial charge in [-0.1, -0.05) is 30.3 Å². The summed E-state index contributed by atoms with van der Waals surface area (Å²) in [7, 11) is 0. The van der Waals surface area contributed by atoms with Gasteiger partial charge in [-0.05, 0) is 12.0 Å². The van der Waals surface area contributed by atoms with E-state index in [2.05, 4.69) is 0 Å². The molecule has 16 heavy (non-hydrogen) atoms. The van der Waals surface area contributed by atoms with E-state index in [1.54, 1.807) is 5.32 Å². The fraction of sp³-hybridized carbons (Fsp3) is 0.200. The van der Waals surface area contributed by atoms with Crippen LogP contribution in [-0.4, -0.2) is 23.1 Å². The third kappa shape index (κ3) is 5.74. The first-order chi connectivity index (χ1) is 7.09. The van der Waals surface area contributed by atoms with Crippen molar-refractivity contribution in [2.24, 2.45) is 5.73 Å². The number of imide groups is 1. The minimum Gasteiger partial charge on any atom is -1.00 e. The quantitative estimate of drug-likeness (QED) is 0.514. The molecule has 1 aromatic rings. The molecule has 1 rings (SSSR count). The first-order valence-corrected chi connectivity index (χ1v) is 4.43. The smallest absolute Gasteiger partial charge is 1.00 e. The first kappa shape index (κ1) is 15.8. The topological polar surface area (TPSA) is 92.4 Å². The maximum Gasteiger partial charge on any atom is 1.00 e. The van der Waals surface area contributed by atoms with Crippen LogP contribution in [0, 0.1) is 0 Å². The number of rotatable bonds is 3. The average molecular weight is 248 g/mol. The van der Waals surface area contributed by atoms with Crippen molar-refractivity contribution in [2.75, 3.05) is 0 Å². The summed E-state index contributed by atoms with van der Waals surface area (Å²) in [5, 5.41) is 10.0. The van der Waals surface area contributed by atoms with Gasteiger partial charge in [0.25, 0.3) is 0 Å². The monoisotopic (exact) mass is 248 g/mol. The molecule has 4 N–H and O–H groups in total. The molecule has 1 atom stereocenters. The molecule has 2 amide bonds. The number of nitrogens with two attached hydrogens (primary N) is 1. The van der Waals surface area contributed by atoms with Crippen LogP contribution in [0.5, 0.6) is 0 Å². The van der Waals surface area contributed by atoms with Gasteiger partial charge >= 0.3 is 57.5 Å². The second-order valence-electron chi connectivity index (χ2n) is 3.09. The molecular formula is C10H13KN2O3. The third-order valence-electron chi connectivity index (χ3n) is 1.87. The van der Waals surface area contributed by atoms with Crippen LogP contribution >= 0.6 is 0 Å². The molecule has 0 saturated heterocycles. The molecule has 0 saturated carbocycles. The maximum atomic E-state index is 11.1. The molecule has 0 fully saturated rings. The zero-order chi connectivity index (χ0) is 11.3. The number of hydrogen-bond acceptors (Lipinski definition) is 3. The Labute approximate surface area is 137 Å². The summed E-state index contributed by atoms with van der Waals surface area (Å²) in [6.07, 6.45) is -1.07. The summed E-state index contributed by atoms with van der Waals surface area (Å²) in [6.45, 7) is 0. The number of carbonyl (C=O) groups is 2. The van der Waals surface area contributed by atoms with Crippen molar-refractivity contribution in [1.82, 2.24) is 5.32 Å². The van der Waals surface area contributed by atoms with Crippen LogP contribution in [0.1, 0.15) is 6.99 Å². The zero-order valence-electron chi connectivity index (χ0n) is 10.0. The summed E-state index contributed by atoms with van der Waals surface area (Å²) >= 11 is 0. The second kappa shape index (κ2) is 7.94. The molecule has 0 aliphatic rings. The molecule has 0 unspecified atom stereocenters. The number of benzene rings is 1. The third-order valence-corrected chi connectivity index (χ3v) is 1.87. The van der Waals surface area contributed by atoms with Crippen molar-refractivity contribution >= 4 is 12.0 Å². The van der Waals surface area contributed by atoms with Gasteiger partial charge in [-0.15, -0.1) is 0 Å². The minimum atomic E-state index is -1.39. The number of nitrogens with one attached hydrogen (secondary N) is 1. The number of carboxylic acid groups (broad SMARTS) is 1. The van der Waals surface area contributed by atoms with E-state index in [4.69, 9.17) is 10.8 Å². The van der Waals surface area contributed by atoms with Gasteiger partial charge in [0.2, 0.25) is 5.91 Å². The van der Waals surface area contributed by atoms with E-state index in [0.717, 1.165) is 5.56 Å². The number of amides is 2. The molecule has 0 aliphatic carbocycles. The Morgan fingerprint density at radius 2 is 1.94 bits per heavy atom. The summed E-state index contributed by atoms with van der Waals surface area (Å²) in [4.78, 5) is 21.3. The molecule has 0 aromatic heterocycles. The van der Waals surface area contributed by atoms with Gasteiger partial charge in [-0.25, -0.2) is 4.79 Å². The first-order valence-electron chi connectivity index (χ1n) is 4.43. The molecule has 0 bridgehead atoms. The predicted molar refractivity (Wildman–Crippen MR) is 55.4 cm³/mol. The molecule has 6 heteroatoms. The van der Waals surface area contributed by atoms with Gasteiger partial charge in [-0.2, -0.15) is 0 Å². The van der Waals surface area contributed by atoms with Gasteiger partial charge in [0.15, 0.2) is 0 Å². The van der Waals surface area contributed by atoms with Crippen LogP contribution in [0.25, 0.3) is 0 Å².